The highest BCUT2D eigenvalue weighted by atomic mass is 79.9. The Balaban J connectivity index is 2.11. The van der Waals surface area contributed by atoms with Crippen LogP contribution in [0.3, 0.4) is 0 Å². The number of nitrogens with one attached hydrogen (secondary N) is 1. The van der Waals surface area contributed by atoms with Gasteiger partial charge in [0.2, 0.25) is 0 Å². The van der Waals surface area contributed by atoms with Crippen molar-refractivity contribution in [3.05, 3.63) is 63.6 Å². The van der Waals surface area contributed by atoms with Crippen LogP contribution in [0.5, 0.6) is 5.75 Å². The van der Waals surface area contributed by atoms with E-state index in [2.05, 4.69) is 26.0 Å². The molecule has 0 aliphatic carbocycles. The van der Waals surface area contributed by atoms with Crippen LogP contribution in [0.15, 0.2) is 46.9 Å². The second kappa shape index (κ2) is 7.78. The molecule has 23 heavy (non-hydrogen) atoms. The minimum Gasteiger partial charge on any atom is -0.496 e. The lowest BCUT2D eigenvalue weighted by Gasteiger charge is -2.10. The molecular weight excluding hydrogens is 362 g/mol. The molecule has 0 radical (unpaired) electrons. The fourth-order valence-electron chi connectivity index (χ4n) is 2.07. The van der Waals surface area contributed by atoms with Crippen molar-refractivity contribution in [3.8, 4) is 5.75 Å². The number of rotatable bonds is 5. The molecule has 1 N–H and O–H groups in total. The first-order chi connectivity index (χ1) is 11.0. The van der Waals surface area contributed by atoms with Crippen molar-refractivity contribution in [2.75, 3.05) is 14.2 Å². The summed E-state index contributed by atoms with van der Waals surface area (Å²) < 4.78 is 10.8. The molecule has 2 rings (SSSR count). The first-order valence-corrected chi connectivity index (χ1v) is 7.63. The number of carbonyl (C=O) groups excluding carboxylic acids is 2. The van der Waals surface area contributed by atoms with Gasteiger partial charge in [-0.15, -0.1) is 0 Å². The molecule has 0 saturated carbocycles. The Labute approximate surface area is 142 Å². The zero-order valence-electron chi connectivity index (χ0n) is 12.8. The quantitative estimate of drug-likeness (QED) is 0.812. The highest BCUT2D eigenvalue weighted by Gasteiger charge is 2.11. The summed E-state index contributed by atoms with van der Waals surface area (Å²) in [6, 6.07) is 11.9. The van der Waals surface area contributed by atoms with Crippen LogP contribution in [0.4, 0.5) is 0 Å². The van der Waals surface area contributed by atoms with Crippen LogP contribution in [-0.4, -0.2) is 26.1 Å². The average molecular weight is 378 g/mol. The molecule has 0 heterocycles. The molecule has 0 fully saturated rings. The van der Waals surface area contributed by atoms with Crippen molar-refractivity contribution in [2.24, 2.45) is 0 Å². The maximum absolute atomic E-state index is 12.2. The monoisotopic (exact) mass is 377 g/mol. The van der Waals surface area contributed by atoms with E-state index in [-0.39, 0.29) is 5.91 Å². The number of amides is 1. The Morgan fingerprint density at radius 2 is 1.83 bits per heavy atom. The normalized spacial score (nSPS) is 10.0. The molecule has 120 valence electrons. The fourth-order valence-corrected chi connectivity index (χ4v) is 2.48. The van der Waals surface area contributed by atoms with Gasteiger partial charge in [-0.05, 0) is 36.4 Å². The summed E-state index contributed by atoms with van der Waals surface area (Å²) in [6.45, 7) is 0.309. The minimum atomic E-state index is -0.478. The molecule has 0 spiro atoms. The standard InChI is InChI=1S/C17H16BrNO4/c1-22-15-7-6-14(18)9-13(15)10-19-16(20)11-4-3-5-12(8-11)17(21)23-2/h3-9H,10H2,1-2H3,(H,19,20). The van der Waals surface area contributed by atoms with Crippen molar-refractivity contribution in [2.45, 2.75) is 6.54 Å². The first-order valence-electron chi connectivity index (χ1n) is 6.84. The van der Waals surface area contributed by atoms with Gasteiger partial charge in [0.25, 0.3) is 5.91 Å². The predicted octanol–water partition coefficient (Wildman–Crippen LogP) is 3.17. The number of carbonyl (C=O) groups is 2. The van der Waals surface area contributed by atoms with Gasteiger partial charge in [-0.1, -0.05) is 22.0 Å². The van der Waals surface area contributed by atoms with Gasteiger partial charge in [-0.2, -0.15) is 0 Å². The SMILES string of the molecule is COC(=O)c1cccc(C(=O)NCc2cc(Br)ccc2OC)c1. The van der Waals surface area contributed by atoms with Crippen LogP contribution < -0.4 is 10.1 Å². The van der Waals surface area contributed by atoms with E-state index in [0.29, 0.717) is 23.4 Å². The molecule has 0 bridgehead atoms. The smallest absolute Gasteiger partial charge is 0.337 e. The lowest BCUT2D eigenvalue weighted by molar-refractivity contribution is 0.0600. The Morgan fingerprint density at radius 1 is 1.09 bits per heavy atom. The summed E-state index contributed by atoms with van der Waals surface area (Å²) >= 11 is 3.39. The van der Waals surface area contributed by atoms with E-state index in [4.69, 9.17) is 4.74 Å². The molecule has 0 atom stereocenters. The lowest BCUT2D eigenvalue weighted by atomic mass is 10.1. The number of hydrogen-bond acceptors (Lipinski definition) is 4. The molecule has 0 unspecified atom stereocenters. The zero-order chi connectivity index (χ0) is 16.8. The van der Waals surface area contributed by atoms with Crippen molar-refractivity contribution in [1.29, 1.82) is 0 Å². The third kappa shape index (κ3) is 4.32. The molecule has 2 aromatic carbocycles. The van der Waals surface area contributed by atoms with E-state index >= 15 is 0 Å². The van der Waals surface area contributed by atoms with E-state index in [1.54, 1.807) is 25.3 Å². The largest absolute Gasteiger partial charge is 0.496 e. The van der Waals surface area contributed by atoms with Crippen LogP contribution in [-0.2, 0) is 11.3 Å². The Hall–Kier alpha value is -2.34. The molecule has 6 heteroatoms. The predicted molar refractivity (Wildman–Crippen MR) is 89.6 cm³/mol. The summed E-state index contributed by atoms with van der Waals surface area (Å²) in [5, 5.41) is 2.81. The van der Waals surface area contributed by atoms with Gasteiger partial charge in [-0.3, -0.25) is 4.79 Å². The zero-order valence-corrected chi connectivity index (χ0v) is 14.3. The van der Waals surface area contributed by atoms with E-state index in [9.17, 15) is 9.59 Å². The van der Waals surface area contributed by atoms with Crippen molar-refractivity contribution in [3.63, 3.8) is 0 Å². The minimum absolute atomic E-state index is 0.280. The first kappa shape index (κ1) is 17.0. The van der Waals surface area contributed by atoms with E-state index < -0.39 is 5.97 Å². The van der Waals surface area contributed by atoms with Gasteiger partial charge < -0.3 is 14.8 Å². The number of methoxy groups -OCH3 is 2. The van der Waals surface area contributed by atoms with Gasteiger partial charge >= 0.3 is 5.97 Å². The lowest BCUT2D eigenvalue weighted by Crippen LogP contribution is -2.23. The van der Waals surface area contributed by atoms with Gasteiger partial charge in [-0.25, -0.2) is 4.79 Å². The van der Waals surface area contributed by atoms with Gasteiger partial charge in [0.05, 0.1) is 19.8 Å². The fraction of sp³-hybridized carbons (Fsp3) is 0.176. The highest BCUT2D eigenvalue weighted by Crippen LogP contribution is 2.22. The van der Waals surface area contributed by atoms with Crippen LogP contribution in [0.2, 0.25) is 0 Å². The van der Waals surface area contributed by atoms with Gasteiger partial charge in [0, 0.05) is 22.1 Å². The topological polar surface area (TPSA) is 64.6 Å². The van der Waals surface area contributed by atoms with Crippen LogP contribution in [0, 0.1) is 0 Å². The Bertz CT molecular complexity index is 730. The Kier molecular flexibility index (Phi) is 5.76. The molecule has 5 nitrogen and oxygen atoms in total. The van der Waals surface area contributed by atoms with Crippen LogP contribution in [0.25, 0.3) is 0 Å². The highest BCUT2D eigenvalue weighted by molar-refractivity contribution is 9.10. The molecule has 1 amide bonds. The molecule has 0 aliphatic rings. The maximum atomic E-state index is 12.2. The number of benzene rings is 2. The molecule has 0 saturated heterocycles. The van der Waals surface area contributed by atoms with Gasteiger partial charge in [0.1, 0.15) is 5.75 Å². The number of esters is 1. The van der Waals surface area contributed by atoms with E-state index in [0.717, 1.165) is 10.0 Å². The third-order valence-corrected chi connectivity index (χ3v) is 3.72. The summed E-state index contributed by atoms with van der Waals surface area (Å²) in [5.74, 6) is -0.0668. The van der Waals surface area contributed by atoms with Gasteiger partial charge in [0.15, 0.2) is 0 Å². The van der Waals surface area contributed by atoms with E-state index in [1.807, 2.05) is 18.2 Å². The van der Waals surface area contributed by atoms with Crippen LogP contribution in [0.1, 0.15) is 26.3 Å². The summed E-state index contributed by atoms with van der Waals surface area (Å²) in [6.07, 6.45) is 0. The molecule has 0 aliphatic heterocycles. The van der Waals surface area contributed by atoms with Crippen molar-refractivity contribution >= 4 is 27.8 Å². The maximum Gasteiger partial charge on any atom is 0.337 e. The third-order valence-electron chi connectivity index (χ3n) is 3.23. The summed E-state index contributed by atoms with van der Waals surface area (Å²) in [5.41, 5.74) is 1.57. The van der Waals surface area contributed by atoms with Crippen LogP contribution >= 0.6 is 15.9 Å². The molecular formula is C17H16BrNO4. The van der Waals surface area contributed by atoms with E-state index in [1.165, 1.54) is 13.2 Å². The second-order valence-corrected chi connectivity index (χ2v) is 5.63. The molecule has 2 aromatic rings. The Morgan fingerprint density at radius 3 is 2.52 bits per heavy atom. The molecule has 0 aromatic heterocycles. The number of halogens is 1. The van der Waals surface area contributed by atoms with Crippen molar-refractivity contribution < 1.29 is 19.1 Å². The number of ether oxygens (including phenoxy) is 2. The second-order valence-electron chi connectivity index (χ2n) is 4.71. The van der Waals surface area contributed by atoms with Crippen molar-refractivity contribution in [1.82, 2.24) is 5.32 Å². The number of hydrogen-bond donors (Lipinski definition) is 1. The summed E-state index contributed by atoms with van der Waals surface area (Å²) in [7, 11) is 2.88. The average Bonchev–Trinajstić information content (AvgIpc) is 2.59. The summed E-state index contributed by atoms with van der Waals surface area (Å²) in [4.78, 5) is 23.8.